The number of aromatic nitrogens is 2. The summed E-state index contributed by atoms with van der Waals surface area (Å²) in [5, 5.41) is 4.44. The summed E-state index contributed by atoms with van der Waals surface area (Å²) in [6, 6.07) is 2.05. The molecule has 0 unspecified atom stereocenters. The van der Waals surface area contributed by atoms with Crippen molar-refractivity contribution >= 4 is 5.78 Å². The van der Waals surface area contributed by atoms with Gasteiger partial charge in [0.15, 0.2) is 5.78 Å². The van der Waals surface area contributed by atoms with Crippen molar-refractivity contribution in [3.63, 3.8) is 0 Å². The van der Waals surface area contributed by atoms with Gasteiger partial charge in [-0.2, -0.15) is 5.10 Å². The predicted molar refractivity (Wildman–Crippen MR) is 83.4 cm³/mol. The molecule has 1 aliphatic carbocycles. The van der Waals surface area contributed by atoms with Crippen molar-refractivity contribution < 1.29 is 9.53 Å². The van der Waals surface area contributed by atoms with E-state index in [4.69, 9.17) is 4.74 Å². The van der Waals surface area contributed by atoms with E-state index in [1.807, 2.05) is 24.7 Å². The standard InChI is InChI=1S/C17H28N2O2/c1-4-14-12-15(19(3)18-14)13-16(20)17(21-5-2)10-8-6-7-9-11-17/h12H,4-11,13H2,1-3H3. The number of carbonyl (C=O) groups is 1. The first-order valence-corrected chi connectivity index (χ1v) is 8.30. The van der Waals surface area contributed by atoms with Gasteiger partial charge in [-0.05, 0) is 32.3 Å². The first kappa shape index (κ1) is 16.2. The molecule has 0 amide bonds. The maximum atomic E-state index is 12.9. The lowest BCUT2D eigenvalue weighted by Crippen LogP contribution is -2.42. The molecule has 0 aromatic carbocycles. The zero-order valence-electron chi connectivity index (χ0n) is 13.7. The summed E-state index contributed by atoms with van der Waals surface area (Å²) in [5.41, 5.74) is 1.49. The van der Waals surface area contributed by atoms with Gasteiger partial charge in [-0.15, -0.1) is 0 Å². The Labute approximate surface area is 127 Å². The van der Waals surface area contributed by atoms with E-state index < -0.39 is 5.60 Å². The number of carbonyl (C=O) groups excluding carboxylic acids is 1. The van der Waals surface area contributed by atoms with Crippen LogP contribution in [0.15, 0.2) is 6.07 Å². The second-order valence-corrected chi connectivity index (χ2v) is 6.05. The Morgan fingerprint density at radius 1 is 1.29 bits per heavy atom. The van der Waals surface area contributed by atoms with Crippen molar-refractivity contribution in [3.05, 3.63) is 17.5 Å². The summed E-state index contributed by atoms with van der Waals surface area (Å²) in [4.78, 5) is 12.9. The lowest BCUT2D eigenvalue weighted by molar-refractivity contribution is -0.145. The van der Waals surface area contributed by atoms with E-state index in [1.54, 1.807) is 0 Å². The van der Waals surface area contributed by atoms with Gasteiger partial charge in [0.1, 0.15) is 5.60 Å². The van der Waals surface area contributed by atoms with Crippen LogP contribution >= 0.6 is 0 Å². The van der Waals surface area contributed by atoms with Gasteiger partial charge in [-0.3, -0.25) is 9.48 Å². The van der Waals surface area contributed by atoms with Gasteiger partial charge >= 0.3 is 0 Å². The molecule has 0 saturated heterocycles. The summed E-state index contributed by atoms with van der Waals surface area (Å²) in [7, 11) is 1.92. The number of nitrogens with zero attached hydrogens (tertiary/aromatic N) is 2. The van der Waals surface area contributed by atoms with Crippen LogP contribution in [-0.4, -0.2) is 27.8 Å². The van der Waals surface area contributed by atoms with Gasteiger partial charge in [0, 0.05) is 19.3 Å². The van der Waals surface area contributed by atoms with E-state index in [9.17, 15) is 4.79 Å². The smallest absolute Gasteiger partial charge is 0.170 e. The van der Waals surface area contributed by atoms with Crippen LogP contribution in [0.25, 0.3) is 0 Å². The summed E-state index contributed by atoms with van der Waals surface area (Å²) < 4.78 is 7.82. The number of Topliss-reactive ketones (excluding diaryl/α,β-unsaturated/α-hetero) is 1. The van der Waals surface area contributed by atoms with Crippen LogP contribution in [0.3, 0.4) is 0 Å². The van der Waals surface area contributed by atoms with Gasteiger partial charge in [0.2, 0.25) is 0 Å². The van der Waals surface area contributed by atoms with E-state index in [2.05, 4.69) is 12.0 Å². The first-order valence-electron chi connectivity index (χ1n) is 8.30. The van der Waals surface area contributed by atoms with Crippen LogP contribution in [0.4, 0.5) is 0 Å². The molecule has 1 aromatic heterocycles. The molecule has 1 fully saturated rings. The average Bonchev–Trinajstić information content (AvgIpc) is 2.68. The van der Waals surface area contributed by atoms with Crippen molar-refractivity contribution in [2.75, 3.05) is 6.61 Å². The second kappa shape index (κ2) is 7.21. The van der Waals surface area contributed by atoms with Gasteiger partial charge < -0.3 is 4.74 Å². The van der Waals surface area contributed by atoms with E-state index in [1.165, 1.54) is 12.8 Å². The fourth-order valence-electron chi connectivity index (χ4n) is 3.31. The topological polar surface area (TPSA) is 44.1 Å². The molecule has 4 heteroatoms. The summed E-state index contributed by atoms with van der Waals surface area (Å²) in [6.07, 6.45) is 7.70. The first-order chi connectivity index (χ1) is 10.1. The molecule has 0 aliphatic heterocycles. The monoisotopic (exact) mass is 292 g/mol. The van der Waals surface area contributed by atoms with Crippen molar-refractivity contribution in [2.24, 2.45) is 7.05 Å². The van der Waals surface area contributed by atoms with Gasteiger partial charge in [0.05, 0.1) is 12.1 Å². The molecular weight excluding hydrogens is 264 g/mol. The Balaban J connectivity index is 2.15. The lowest BCUT2D eigenvalue weighted by atomic mass is 9.87. The number of rotatable bonds is 6. The summed E-state index contributed by atoms with van der Waals surface area (Å²) >= 11 is 0. The van der Waals surface area contributed by atoms with E-state index in [-0.39, 0.29) is 5.78 Å². The maximum absolute atomic E-state index is 12.9. The van der Waals surface area contributed by atoms with Crippen LogP contribution < -0.4 is 0 Å². The van der Waals surface area contributed by atoms with Crippen LogP contribution in [0.1, 0.15) is 63.8 Å². The molecule has 0 atom stereocenters. The fourth-order valence-corrected chi connectivity index (χ4v) is 3.31. The molecular formula is C17H28N2O2. The number of hydrogen-bond donors (Lipinski definition) is 0. The fraction of sp³-hybridized carbons (Fsp3) is 0.765. The number of hydrogen-bond acceptors (Lipinski definition) is 3. The molecule has 1 aliphatic rings. The van der Waals surface area contributed by atoms with Crippen LogP contribution in [0.5, 0.6) is 0 Å². The largest absolute Gasteiger partial charge is 0.367 e. The molecule has 118 valence electrons. The molecule has 0 spiro atoms. The third-order valence-corrected chi connectivity index (χ3v) is 4.57. The van der Waals surface area contributed by atoms with Crippen molar-refractivity contribution in [1.29, 1.82) is 0 Å². The van der Waals surface area contributed by atoms with Crippen LogP contribution in [-0.2, 0) is 29.4 Å². The van der Waals surface area contributed by atoms with Crippen LogP contribution in [0.2, 0.25) is 0 Å². The second-order valence-electron chi connectivity index (χ2n) is 6.05. The van der Waals surface area contributed by atoms with Gasteiger partial charge in [-0.1, -0.05) is 32.6 Å². The Bertz CT molecular complexity index is 471. The molecule has 4 nitrogen and oxygen atoms in total. The van der Waals surface area contributed by atoms with Gasteiger partial charge in [-0.25, -0.2) is 0 Å². The van der Waals surface area contributed by atoms with Crippen molar-refractivity contribution in [3.8, 4) is 0 Å². The number of ketones is 1. The van der Waals surface area contributed by atoms with Crippen molar-refractivity contribution in [1.82, 2.24) is 9.78 Å². The summed E-state index contributed by atoms with van der Waals surface area (Å²) in [6.45, 7) is 4.68. The minimum absolute atomic E-state index is 0.233. The lowest BCUT2D eigenvalue weighted by Gasteiger charge is -2.31. The minimum Gasteiger partial charge on any atom is -0.367 e. The Hall–Kier alpha value is -1.16. The maximum Gasteiger partial charge on any atom is 0.170 e. The Morgan fingerprint density at radius 2 is 1.95 bits per heavy atom. The number of aryl methyl sites for hydroxylation is 2. The highest BCUT2D eigenvalue weighted by atomic mass is 16.5. The van der Waals surface area contributed by atoms with E-state index >= 15 is 0 Å². The Morgan fingerprint density at radius 3 is 2.48 bits per heavy atom. The SMILES string of the molecule is CCOC1(C(=O)Cc2cc(CC)nn2C)CCCCCC1. The normalized spacial score (nSPS) is 18.4. The summed E-state index contributed by atoms with van der Waals surface area (Å²) in [5.74, 6) is 0.233. The highest BCUT2D eigenvalue weighted by Crippen LogP contribution is 2.32. The zero-order valence-corrected chi connectivity index (χ0v) is 13.7. The Kier molecular flexibility index (Phi) is 5.57. The average molecular weight is 292 g/mol. The third kappa shape index (κ3) is 3.73. The predicted octanol–water partition coefficient (Wildman–Crippen LogP) is 3.22. The molecule has 2 rings (SSSR count). The van der Waals surface area contributed by atoms with E-state index in [0.717, 1.165) is 43.5 Å². The molecule has 0 bridgehead atoms. The van der Waals surface area contributed by atoms with E-state index in [0.29, 0.717) is 13.0 Å². The zero-order chi connectivity index (χ0) is 15.3. The third-order valence-electron chi connectivity index (χ3n) is 4.57. The molecule has 21 heavy (non-hydrogen) atoms. The highest BCUT2D eigenvalue weighted by Gasteiger charge is 2.39. The number of ether oxygens (including phenoxy) is 1. The van der Waals surface area contributed by atoms with Gasteiger partial charge in [0.25, 0.3) is 0 Å². The molecule has 1 saturated carbocycles. The minimum atomic E-state index is -0.554. The molecule has 1 heterocycles. The molecule has 1 aromatic rings. The molecule has 0 radical (unpaired) electrons. The molecule has 0 N–H and O–H groups in total. The van der Waals surface area contributed by atoms with Crippen molar-refractivity contribution in [2.45, 2.75) is 70.8 Å². The quantitative estimate of drug-likeness (QED) is 0.756. The highest BCUT2D eigenvalue weighted by molar-refractivity contribution is 5.89. The van der Waals surface area contributed by atoms with Crippen LogP contribution in [0, 0.1) is 0 Å².